The van der Waals surface area contributed by atoms with E-state index in [4.69, 9.17) is 4.74 Å². The molecule has 0 spiro atoms. The Balaban J connectivity index is 0.00000320. The maximum absolute atomic E-state index is 11.7. The minimum atomic E-state index is -0.877. The van der Waals surface area contributed by atoms with Gasteiger partial charge in [-0.1, -0.05) is 72.8 Å². The van der Waals surface area contributed by atoms with Gasteiger partial charge in [-0.25, -0.2) is 4.79 Å². The van der Waals surface area contributed by atoms with Gasteiger partial charge in [0.15, 0.2) is 0 Å². The van der Waals surface area contributed by atoms with Crippen molar-refractivity contribution in [1.29, 1.82) is 0 Å². The summed E-state index contributed by atoms with van der Waals surface area (Å²) >= 11 is 0. The molecule has 0 unspecified atom stereocenters. The van der Waals surface area contributed by atoms with Gasteiger partial charge in [-0.2, -0.15) is 0 Å². The smallest absolute Gasteiger partial charge is 0.335 e. The normalized spacial score (nSPS) is 17.4. The van der Waals surface area contributed by atoms with Gasteiger partial charge in [-0.15, -0.1) is 12.4 Å². The van der Waals surface area contributed by atoms with Gasteiger partial charge in [0.25, 0.3) is 0 Å². The van der Waals surface area contributed by atoms with Gasteiger partial charge in [0.05, 0.1) is 11.7 Å². The molecule has 1 aliphatic rings. The number of aromatic carboxylic acids is 1. The SMILES string of the molecule is Cc1ccc([C@@H]2C[C@H](CCCN[C@H](C)c3cccc4ccccc34)Oc3ccccc32)cc1C(=O)O.Cl. The summed E-state index contributed by atoms with van der Waals surface area (Å²) in [5.74, 6) is 0.159. The molecule has 5 rings (SSSR count). The Bertz CT molecular complexity index is 1380. The molecule has 0 saturated heterocycles. The summed E-state index contributed by atoms with van der Waals surface area (Å²) < 4.78 is 6.39. The molecule has 0 bridgehead atoms. The zero-order valence-electron chi connectivity index (χ0n) is 21.3. The first-order chi connectivity index (χ1) is 17.5. The second-order valence-corrected chi connectivity index (χ2v) is 9.83. The van der Waals surface area contributed by atoms with E-state index in [2.05, 4.69) is 66.8 Å². The Kier molecular flexibility index (Phi) is 8.52. The number of fused-ring (bicyclic) bond motifs is 2. The highest BCUT2D eigenvalue weighted by atomic mass is 35.5. The first-order valence-corrected chi connectivity index (χ1v) is 12.8. The highest BCUT2D eigenvalue weighted by Gasteiger charge is 2.29. The summed E-state index contributed by atoms with van der Waals surface area (Å²) in [6, 6.07) is 29.3. The van der Waals surface area contributed by atoms with Crippen LogP contribution in [0.1, 0.15) is 70.8 Å². The number of aryl methyl sites for hydroxylation is 1. The number of hydrogen-bond acceptors (Lipinski definition) is 3. The number of para-hydroxylation sites is 1. The van der Waals surface area contributed by atoms with E-state index in [1.165, 1.54) is 16.3 Å². The molecule has 2 N–H and O–H groups in total. The van der Waals surface area contributed by atoms with Crippen LogP contribution in [0.4, 0.5) is 0 Å². The van der Waals surface area contributed by atoms with Gasteiger partial charge in [0.1, 0.15) is 5.75 Å². The number of carboxylic acid groups (broad SMARTS) is 1. The van der Waals surface area contributed by atoms with E-state index in [-0.39, 0.29) is 30.5 Å². The van der Waals surface area contributed by atoms with Crippen molar-refractivity contribution in [3.05, 3.63) is 113 Å². The van der Waals surface area contributed by atoms with Gasteiger partial charge >= 0.3 is 5.97 Å². The molecule has 1 aliphatic heterocycles. The molecule has 4 aromatic rings. The predicted molar refractivity (Wildman–Crippen MR) is 152 cm³/mol. The second kappa shape index (κ2) is 11.8. The lowest BCUT2D eigenvalue weighted by atomic mass is 9.82. The Morgan fingerprint density at radius 1 is 1.03 bits per heavy atom. The summed E-state index contributed by atoms with van der Waals surface area (Å²) in [5, 5.41) is 15.9. The van der Waals surface area contributed by atoms with Crippen molar-refractivity contribution in [3.63, 3.8) is 0 Å². The van der Waals surface area contributed by atoms with Crippen molar-refractivity contribution in [2.75, 3.05) is 6.54 Å². The molecule has 1 heterocycles. The fraction of sp³-hybridized carbons (Fsp3) is 0.281. The molecule has 0 aliphatic carbocycles. The van der Waals surface area contributed by atoms with Crippen LogP contribution in [0.25, 0.3) is 10.8 Å². The van der Waals surface area contributed by atoms with Crippen LogP contribution in [0.15, 0.2) is 84.9 Å². The van der Waals surface area contributed by atoms with Gasteiger partial charge in [-0.3, -0.25) is 0 Å². The van der Waals surface area contributed by atoms with Crippen LogP contribution in [0.2, 0.25) is 0 Å². The maximum atomic E-state index is 11.7. The van der Waals surface area contributed by atoms with E-state index in [0.29, 0.717) is 5.56 Å². The van der Waals surface area contributed by atoms with Crippen LogP contribution in [-0.2, 0) is 0 Å². The van der Waals surface area contributed by atoms with E-state index in [0.717, 1.165) is 48.2 Å². The van der Waals surface area contributed by atoms with E-state index in [9.17, 15) is 9.90 Å². The average Bonchev–Trinajstić information content (AvgIpc) is 2.90. The fourth-order valence-electron chi connectivity index (χ4n) is 5.46. The van der Waals surface area contributed by atoms with Crippen LogP contribution in [-0.4, -0.2) is 23.7 Å². The molecule has 3 atom stereocenters. The third-order valence-corrected chi connectivity index (χ3v) is 7.42. The minimum absolute atomic E-state index is 0. The molecule has 0 aromatic heterocycles. The highest BCUT2D eigenvalue weighted by molar-refractivity contribution is 5.89. The minimum Gasteiger partial charge on any atom is -0.490 e. The number of hydrogen-bond donors (Lipinski definition) is 2. The molecule has 37 heavy (non-hydrogen) atoms. The van der Waals surface area contributed by atoms with Crippen LogP contribution < -0.4 is 10.1 Å². The molecule has 5 heteroatoms. The van der Waals surface area contributed by atoms with Gasteiger partial charge in [0, 0.05) is 17.5 Å². The lowest BCUT2D eigenvalue weighted by molar-refractivity contribution is 0.0696. The van der Waals surface area contributed by atoms with Crippen molar-refractivity contribution in [3.8, 4) is 5.75 Å². The largest absolute Gasteiger partial charge is 0.490 e. The Morgan fingerprint density at radius 3 is 2.62 bits per heavy atom. The van der Waals surface area contributed by atoms with Crippen molar-refractivity contribution in [2.24, 2.45) is 0 Å². The highest BCUT2D eigenvalue weighted by Crippen LogP contribution is 2.41. The third kappa shape index (κ3) is 5.82. The van der Waals surface area contributed by atoms with Crippen molar-refractivity contribution in [1.82, 2.24) is 5.32 Å². The monoisotopic (exact) mass is 515 g/mol. The molecular weight excluding hydrogens is 482 g/mol. The fourth-order valence-corrected chi connectivity index (χ4v) is 5.46. The number of benzene rings is 4. The molecule has 192 valence electrons. The second-order valence-electron chi connectivity index (χ2n) is 9.83. The average molecular weight is 516 g/mol. The molecule has 0 amide bonds. The summed E-state index contributed by atoms with van der Waals surface area (Å²) in [6.07, 6.45) is 2.88. The quantitative estimate of drug-likeness (QED) is 0.236. The molecule has 0 saturated carbocycles. The third-order valence-electron chi connectivity index (χ3n) is 7.42. The lowest BCUT2D eigenvalue weighted by Crippen LogP contribution is -2.28. The number of carboxylic acids is 1. The van der Waals surface area contributed by atoms with Crippen LogP contribution in [0.3, 0.4) is 0 Å². The summed E-state index contributed by atoms with van der Waals surface area (Å²) in [5.41, 5.74) is 4.66. The number of halogens is 1. The number of ether oxygens (including phenoxy) is 1. The number of nitrogens with one attached hydrogen (secondary N) is 1. The number of rotatable bonds is 8. The predicted octanol–water partition coefficient (Wildman–Crippen LogP) is 7.68. The summed E-state index contributed by atoms with van der Waals surface area (Å²) in [6.45, 7) is 4.98. The van der Waals surface area contributed by atoms with E-state index >= 15 is 0 Å². The summed E-state index contributed by atoms with van der Waals surface area (Å²) in [7, 11) is 0. The van der Waals surface area contributed by atoms with Crippen LogP contribution >= 0.6 is 12.4 Å². The first-order valence-electron chi connectivity index (χ1n) is 12.8. The topological polar surface area (TPSA) is 58.6 Å². The Labute approximate surface area is 225 Å². The first kappa shape index (κ1) is 26.7. The molecular formula is C32H34ClNO3. The molecule has 0 radical (unpaired) electrons. The maximum Gasteiger partial charge on any atom is 0.335 e. The Morgan fingerprint density at radius 2 is 1.78 bits per heavy atom. The van der Waals surface area contributed by atoms with Gasteiger partial charge < -0.3 is 15.2 Å². The summed E-state index contributed by atoms with van der Waals surface area (Å²) in [4.78, 5) is 11.7. The van der Waals surface area contributed by atoms with Crippen molar-refractivity contribution < 1.29 is 14.6 Å². The van der Waals surface area contributed by atoms with Crippen molar-refractivity contribution >= 4 is 29.1 Å². The van der Waals surface area contributed by atoms with Crippen LogP contribution in [0, 0.1) is 6.92 Å². The van der Waals surface area contributed by atoms with Gasteiger partial charge in [-0.05, 0) is 79.3 Å². The lowest BCUT2D eigenvalue weighted by Gasteiger charge is -2.33. The number of carbonyl (C=O) groups is 1. The molecule has 4 nitrogen and oxygen atoms in total. The molecule has 4 aromatic carbocycles. The van der Waals surface area contributed by atoms with Crippen LogP contribution in [0.5, 0.6) is 5.75 Å². The van der Waals surface area contributed by atoms with Gasteiger partial charge in [0.2, 0.25) is 0 Å². The van der Waals surface area contributed by atoms with E-state index < -0.39 is 5.97 Å². The Hall–Kier alpha value is -3.34. The standard InChI is InChI=1S/C32H33NO3.ClH/c1-21-16-17-24(19-29(21)32(34)35)30-20-25(36-31-15-6-5-13-28(30)31)11-8-18-33-22(2)26-14-7-10-23-9-3-4-12-27(23)26;/h3-7,9-10,12-17,19,22,25,30,33H,8,11,18,20H2,1-2H3,(H,34,35);1H/t22-,25+,30+;/m1./s1. The molecule has 0 fully saturated rings. The van der Waals surface area contributed by atoms with E-state index in [1.807, 2.05) is 37.3 Å². The zero-order chi connectivity index (χ0) is 25.1. The van der Waals surface area contributed by atoms with E-state index in [1.54, 1.807) is 0 Å². The zero-order valence-corrected chi connectivity index (χ0v) is 22.1. The van der Waals surface area contributed by atoms with Crippen molar-refractivity contribution in [2.45, 2.75) is 51.2 Å².